The number of aryl methyl sites for hydroxylation is 2. The van der Waals surface area contributed by atoms with Crippen molar-refractivity contribution in [2.24, 2.45) is 7.05 Å². The highest BCUT2D eigenvalue weighted by molar-refractivity contribution is 7.92. The molecule has 1 N–H and O–H groups in total. The van der Waals surface area contributed by atoms with Crippen molar-refractivity contribution in [1.82, 2.24) is 9.78 Å². The van der Waals surface area contributed by atoms with Crippen molar-refractivity contribution >= 4 is 9.84 Å². The predicted octanol–water partition coefficient (Wildman–Crippen LogP) is 0.537. The molecule has 0 saturated carbocycles. The van der Waals surface area contributed by atoms with Crippen LogP contribution in [-0.2, 0) is 23.3 Å². The Morgan fingerprint density at radius 3 is 2.53 bits per heavy atom. The number of aliphatic hydroxyl groups is 1. The third-order valence-electron chi connectivity index (χ3n) is 3.35. The summed E-state index contributed by atoms with van der Waals surface area (Å²) < 4.78 is 23.7. The van der Waals surface area contributed by atoms with E-state index in [0.29, 0.717) is 12.8 Å². The van der Waals surface area contributed by atoms with Gasteiger partial charge in [-0.1, -0.05) is 0 Å². The summed E-state index contributed by atoms with van der Waals surface area (Å²) in [4.78, 5) is 0. The van der Waals surface area contributed by atoms with E-state index in [4.69, 9.17) is 0 Å². The van der Waals surface area contributed by atoms with Crippen LogP contribution in [0.2, 0.25) is 0 Å². The van der Waals surface area contributed by atoms with E-state index in [9.17, 15) is 13.5 Å². The van der Waals surface area contributed by atoms with E-state index in [1.165, 1.54) is 0 Å². The van der Waals surface area contributed by atoms with Crippen molar-refractivity contribution in [2.75, 3.05) is 6.26 Å². The molecule has 0 saturated heterocycles. The van der Waals surface area contributed by atoms with Crippen LogP contribution in [0.4, 0.5) is 0 Å². The first-order valence-electron chi connectivity index (χ1n) is 5.51. The normalized spacial score (nSPS) is 14.9. The molecule has 98 valence electrons. The maximum atomic E-state index is 11.5. The van der Waals surface area contributed by atoms with Gasteiger partial charge in [-0.3, -0.25) is 4.68 Å². The molecule has 0 fully saturated rings. The summed E-state index contributed by atoms with van der Waals surface area (Å²) in [6.45, 7) is 3.10. The van der Waals surface area contributed by atoms with Crippen LogP contribution >= 0.6 is 0 Å². The molecule has 0 radical (unpaired) electrons. The first-order valence-corrected chi connectivity index (χ1v) is 7.40. The maximum absolute atomic E-state index is 11.5. The van der Waals surface area contributed by atoms with Crippen molar-refractivity contribution in [2.45, 2.75) is 37.5 Å². The van der Waals surface area contributed by atoms with E-state index < -0.39 is 20.7 Å². The Balaban J connectivity index is 2.68. The average molecular weight is 260 g/mol. The van der Waals surface area contributed by atoms with Gasteiger partial charge in [0.2, 0.25) is 0 Å². The minimum atomic E-state index is -3.28. The SMILES string of the molecule is Cn1nccc1CCC(O)C(C)(C)S(C)(=O)=O. The molecule has 1 unspecified atom stereocenters. The van der Waals surface area contributed by atoms with Crippen molar-refractivity contribution in [1.29, 1.82) is 0 Å². The topological polar surface area (TPSA) is 72.2 Å². The highest BCUT2D eigenvalue weighted by atomic mass is 32.2. The van der Waals surface area contributed by atoms with E-state index >= 15 is 0 Å². The predicted molar refractivity (Wildman–Crippen MR) is 66.5 cm³/mol. The second-order valence-electron chi connectivity index (χ2n) is 4.88. The zero-order valence-corrected chi connectivity index (χ0v) is 11.5. The van der Waals surface area contributed by atoms with E-state index in [0.717, 1.165) is 11.9 Å². The third kappa shape index (κ3) is 3.07. The molecule has 1 rings (SSSR count). The number of hydrogen-bond donors (Lipinski definition) is 1. The summed E-state index contributed by atoms with van der Waals surface area (Å²) in [5.74, 6) is 0. The summed E-state index contributed by atoms with van der Waals surface area (Å²) in [5.41, 5.74) is 0.980. The number of rotatable bonds is 5. The largest absolute Gasteiger partial charge is 0.391 e. The highest BCUT2D eigenvalue weighted by Gasteiger charge is 2.37. The Morgan fingerprint density at radius 1 is 1.53 bits per heavy atom. The van der Waals surface area contributed by atoms with Crippen molar-refractivity contribution < 1.29 is 13.5 Å². The van der Waals surface area contributed by atoms with Gasteiger partial charge < -0.3 is 5.11 Å². The lowest BCUT2D eigenvalue weighted by Gasteiger charge is -2.28. The van der Waals surface area contributed by atoms with Crippen molar-refractivity contribution in [3.05, 3.63) is 18.0 Å². The molecule has 0 aliphatic carbocycles. The van der Waals surface area contributed by atoms with Gasteiger partial charge in [0.1, 0.15) is 0 Å². The van der Waals surface area contributed by atoms with Gasteiger partial charge in [0, 0.05) is 25.2 Å². The molecule has 0 aliphatic heterocycles. The lowest BCUT2D eigenvalue weighted by molar-refractivity contribution is 0.128. The van der Waals surface area contributed by atoms with E-state index in [1.807, 2.05) is 13.1 Å². The molecule has 1 atom stereocenters. The minimum Gasteiger partial charge on any atom is -0.391 e. The van der Waals surface area contributed by atoms with Crippen molar-refractivity contribution in [3.63, 3.8) is 0 Å². The van der Waals surface area contributed by atoms with Gasteiger partial charge in [0.05, 0.1) is 10.9 Å². The van der Waals surface area contributed by atoms with Gasteiger partial charge in [0.15, 0.2) is 9.84 Å². The molecule has 1 heterocycles. The second-order valence-corrected chi connectivity index (χ2v) is 7.47. The quantitative estimate of drug-likeness (QED) is 0.838. The Kier molecular flexibility index (Phi) is 3.99. The lowest BCUT2D eigenvalue weighted by atomic mass is 10.0. The van der Waals surface area contributed by atoms with Gasteiger partial charge in [0.25, 0.3) is 0 Å². The summed E-state index contributed by atoms with van der Waals surface area (Å²) in [6.07, 6.45) is 2.97. The van der Waals surface area contributed by atoms with Crippen LogP contribution in [0.5, 0.6) is 0 Å². The molecular weight excluding hydrogens is 240 g/mol. The van der Waals surface area contributed by atoms with Gasteiger partial charge in [-0.15, -0.1) is 0 Å². The zero-order chi connectivity index (χ0) is 13.3. The van der Waals surface area contributed by atoms with Crippen LogP contribution in [0.15, 0.2) is 12.3 Å². The standard InChI is InChI=1S/C11H20N2O3S/c1-11(2,17(4,15)16)10(14)6-5-9-7-8-12-13(9)3/h7-8,10,14H,5-6H2,1-4H3. The third-order valence-corrected chi connectivity index (χ3v) is 5.54. The molecule has 0 aromatic carbocycles. The van der Waals surface area contributed by atoms with Crippen LogP contribution in [-0.4, -0.2) is 40.4 Å². The molecule has 0 bridgehead atoms. The number of nitrogens with zero attached hydrogens (tertiary/aromatic N) is 2. The summed E-state index contributed by atoms with van der Waals surface area (Å²) in [5, 5.41) is 14.0. The summed E-state index contributed by atoms with van der Waals surface area (Å²) in [7, 11) is -1.45. The lowest BCUT2D eigenvalue weighted by Crippen LogP contribution is -2.43. The molecule has 0 spiro atoms. The fraction of sp³-hybridized carbons (Fsp3) is 0.727. The van der Waals surface area contributed by atoms with Crippen LogP contribution in [0.3, 0.4) is 0 Å². The number of hydrogen-bond acceptors (Lipinski definition) is 4. The van der Waals surface area contributed by atoms with Crippen molar-refractivity contribution in [3.8, 4) is 0 Å². The molecule has 0 amide bonds. The van der Waals surface area contributed by atoms with Crippen LogP contribution in [0.25, 0.3) is 0 Å². The minimum absolute atomic E-state index is 0.402. The summed E-state index contributed by atoms with van der Waals surface area (Å²) in [6, 6.07) is 1.86. The smallest absolute Gasteiger partial charge is 0.155 e. The Morgan fingerprint density at radius 2 is 2.12 bits per heavy atom. The fourth-order valence-corrected chi connectivity index (χ4v) is 2.14. The molecule has 6 heteroatoms. The molecular formula is C11H20N2O3S. The molecule has 5 nitrogen and oxygen atoms in total. The van der Waals surface area contributed by atoms with Gasteiger partial charge in [-0.2, -0.15) is 5.10 Å². The van der Waals surface area contributed by atoms with E-state index in [2.05, 4.69) is 5.10 Å². The monoisotopic (exact) mass is 260 g/mol. The van der Waals surface area contributed by atoms with Crippen LogP contribution in [0, 0.1) is 0 Å². The number of sulfone groups is 1. The summed E-state index contributed by atoms with van der Waals surface area (Å²) >= 11 is 0. The Labute approximate surface area is 102 Å². The van der Waals surface area contributed by atoms with E-state index in [1.54, 1.807) is 24.7 Å². The molecule has 1 aromatic heterocycles. The highest BCUT2D eigenvalue weighted by Crippen LogP contribution is 2.23. The van der Waals surface area contributed by atoms with Gasteiger partial charge in [-0.05, 0) is 32.8 Å². The van der Waals surface area contributed by atoms with Crippen LogP contribution < -0.4 is 0 Å². The Hall–Kier alpha value is -0.880. The van der Waals surface area contributed by atoms with E-state index in [-0.39, 0.29) is 0 Å². The van der Waals surface area contributed by atoms with Gasteiger partial charge >= 0.3 is 0 Å². The number of aliphatic hydroxyl groups excluding tert-OH is 1. The maximum Gasteiger partial charge on any atom is 0.155 e. The molecule has 1 aromatic rings. The van der Waals surface area contributed by atoms with Gasteiger partial charge in [-0.25, -0.2) is 8.42 Å². The second kappa shape index (κ2) is 4.78. The van der Waals surface area contributed by atoms with Crippen LogP contribution in [0.1, 0.15) is 26.0 Å². The average Bonchev–Trinajstić information content (AvgIpc) is 2.58. The number of aromatic nitrogens is 2. The Bertz CT molecular complexity index is 477. The first-order chi connectivity index (χ1) is 7.66. The zero-order valence-electron chi connectivity index (χ0n) is 10.7. The molecule has 17 heavy (non-hydrogen) atoms. The first kappa shape index (κ1) is 14.2. The fourth-order valence-electron chi connectivity index (χ4n) is 1.53. The molecule has 0 aliphatic rings.